The molecule has 1 aromatic carbocycles. The van der Waals surface area contributed by atoms with Gasteiger partial charge >= 0.3 is 12.2 Å². The monoisotopic (exact) mass is 376 g/mol. The summed E-state index contributed by atoms with van der Waals surface area (Å²) in [4.78, 5) is 34.9. The summed E-state index contributed by atoms with van der Waals surface area (Å²) in [5.74, 6) is -0.827. The third-order valence-electron chi connectivity index (χ3n) is 3.92. The summed E-state index contributed by atoms with van der Waals surface area (Å²) >= 11 is 0. The van der Waals surface area contributed by atoms with Gasteiger partial charge in [0, 0.05) is 19.3 Å². The molecule has 3 rings (SSSR count). The minimum Gasteiger partial charge on any atom is -0.465 e. The number of hydrogen-bond donors (Lipinski definition) is 3. The second-order valence-electron chi connectivity index (χ2n) is 5.93. The van der Waals surface area contributed by atoms with E-state index in [2.05, 4.69) is 10.6 Å². The number of anilines is 2. The first-order chi connectivity index (χ1) is 12.8. The number of carboxylic acid groups (broad SMARTS) is 1. The van der Waals surface area contributed by atoms with Gasteiger partial charge in [0.05, 0.1) is 30.2 Å². The van der Waals surface area contributed by atoms with Crippen LogP contribution in [-0.2, 0) is 9.53 Å². The zero-order chi connectivity index (χ0) is 19.6. The molecule has 1 aliphatic rings. The zero-order valence-corrected chi connectivity index (χ0v) is 14.3. The van der Waals surface area contributed by atoms with Gasteiger partial charge in [-0.15, -0.1) is 0 Å². The Hall–Kier alpha value is -3.56. The molecule has 0 spiro atoms. The van der Waals surface area contributed by atoms with Crippen molar-refractivity contribution in [2.75, 3.05) is 23.3 Å². The highest BCUT2D eigenvalue weighted by atomic mass is 19.1. The predicted molar refractivity (Wildman–Crippen MR) is 93.7 cm³/mol. The van der Waals surface area contributed by atoms with E-state index < -0.39 is 24.1 Å². The first-order valence-electron chi connectivity index (χ1n) is 8.04. The number of carbonyl (C=O) groups excluding carboxylic acids is 2. The van der Waals surface area contributed by atoms with Crippen LogP contribution < -0.4 is 15.5 Å². The van der Waals surface area contributed by atoms with Crippen molar-refractivity contribution in [3.63, 3.8) is 0 Å². The van der Waals surface area contributed by atoms with Gasteiger partial charge in [-0.25, -0.2) is 14.0 Å². The van der Waals surface area contributed by atoms with E-state index in [1.54, 1.807) is 6.07 Å². The third-order valence-corrected chi connectivity index (χ3v) is 3.92. The Balaban J connectivity index is 1.75. The molecule has 27 heavy (non-hydrogen) atoms. The molecule has 0 bridgehead atoms. The van der Waals surface area contributed by atoms with Crippen LogP contribution in [0.25, 0.3) is 5.69 Å². The second kappa shape index (κ2) is 7.36. The van der Waals surface area contributed by atoms with Crippen LogP contribution in [0, 0.1) is 5.82 Å². The van der Waals surface area contributed by atoms with Gasteiger partial charge < -0.3 is 19.7 Å². The molecule has 0 saturated carbocycles. The van der Waals surface area contributed by atoms with Gasteiger partial charge in [0.15, 0.2) is 0 Å². The molecule has 3 amide bonds. The molecule has 1 atom stereocenters. The molecule has 1 fully saturated rings. The van der Waals surface area contributed by atoms with Crippen LogP contribution in [0.4, 0.5) is 25.4 Å². The summed E-state index contributed by atoms with van der Waals surface area (Å²) in [5.41, 5.74) is 0.817. The summed E-state index contributed by atoms with van der Waals surface area (Å²) in [6, 6.07) is 5.72. The number of nitrogens with one attached hydrogen (secondary N) is 2. The fourth-order valence-corrected chi connectivity index (χ4v) is 2.71. The minimum atomic E-state index is -1.22. The molecule has 2 aromatic rings. The zero-order valence-electron chi connectivity index (χ0n) is 14.3. The maximum absolute atomic E-state index is 14.5. The summed E-state index contributed by atoms with van der Waals surface area (Å²) < 4.78 is 21.1. The number of hydrogen-bond acceptors (Lipinski definition) is 4. The van der Waals surface area contributed by atoms with E-state index in [0.29, 0.717) is 11.4 Å². The molecule has 2 heterocycles. The Bertz CT molecular complexity index is 897. The largest absolute Gasteiger partial charge is 0.465 e. The lowest BCUT2D eigenvalue weighted by atomic mass is 10.2. The Labute approximate surface area is 153 Å². The molecule has 10 heteroatoms. The van der Waals surface area contributed by atoms with Crippen molar-refractivity contribution in [3.8, 4) is 5.69 Å². The van der Waals surface area contributed by atoms with E-state index >= 15 is 0 Å². The number of halogens is 1. The van der Waals surface area contributed by atoms with Crippen molar-refractivity contribution in [1.29, 1.82) is 0 Å². The molecule has 0 aliphatic carbocycles. The fraction of sp³-hybridized carbons (Fsp3) is 0.235. The van der Waals surface area contributed by atoms with E-state index in [1.807, 2.05) is 0 Å². The highest BCUT2D eigenvalue weighted by Crippen LogP contribution is 2.26. The van der Waals surface area contributed by atoms with Crippen LogP contribution in [-0.4, -0.2) is 47.0 Å². The predicted octanol–water partition coefficient (Wildman–Crippen LogP) is 2.17. The molecule has 1 aliphatic heterocycles. The fourth-order valence-electron chi connectivity index (χ4n) is 2.71. The van der Waals surface area contributed by atoms with Crippen LogP contribution in [0.15, 0.2) is 36.7 Å². The van der Waals surface area contributed by atoms with Crippen LogP contribution in [0.2, 0.25) is 0 Å². The van der Waals surface area contributed by atoms with Gasteiger partial charge in [-0.05, 0) is 24.3 Å². The van der Waals surface area contributed by atoms with Crippen LogP contribution in [0.3, 0.4) is 0 Å². The summed E-state index contributed by atoms with van der Waals surface area (Å²) in [6.07, 6.45) is 0.589. The Kier molecular flexibility index (Phi) is 4.97. The third kappa shape index (κ3) is 4.17. The lowest BCUT2D eigenvalue weighted by Gasteiger charge is -2.14. The van der Waals surface area contributed by atoms with Crippen LogP contribution in [0.5, 0.6) is 0 Å². The normalized spacial score (nSPS) is 16.1. The standard InChI is InChI=1S/C17H17FN4O5/c1-10(23)19-7-13-9-22(17(26)27-13)12-2-3-15(14(18)6-12)21-5-4-11(8-21)20-16(24)25/h2-6,8,13,20H,7,9H2,1H3,(H,19,23)(H,24,25)/t13-/m0/s1. The van der Waals surface area contributed by atoms with Crippen molar-refractivity contribution in [2.24, 2.45) is 0 Å². The van der Waals surface area contributed by atoms with Gasteiger partial charge in [-0.2, -0.15) is 0 Å². The molecule has 9 nitrogen and oxygen atoms in total. The highest BCUT2D eigenvalue weighted by Gasteiger charge is 2.32. The van der Waals surface area contributed by atoms with Gasteiger partial charge in [-0.3, -0.25) is 15.0 Å². The summed E-state index contributed by atoms with van der Waals surface area (Å²) in [6.45, 7) is 1.73. The molecule has 142 valence electrons. The van der Waals surface area contributed by atoms with Crippen LogP contribution >= 0.6 is 0 Å². The first kappa shape index (κ1) is 18.2. The molecule has 0 radical (unpaired) electrons. The lowest BCUT2D eigenvalue weighted by Crippen LogP contribution is -2.33. The maximum Gasteiger partial charge on any atom is 0.414 e. The minimum absolute atomic E-state index is 0.181. The van der Waals surface area contributed by atoms with E-state index in [0.717, 1.165) is 0 Å². The average Bonchev–Trinajstić information content (AvgIpc) is 3.19. The summed E-state index contributed by atoms with van der Waals surface area (Å²) in [5, 5.41) is 13.5. The molecular weight excluding hydrogens is 359 g/mol. The highest BCUT2D eigenvalue weighted by molar-refractivity contribution is 5.90. The van der Waals surface area contributed by atoms with Crippen molar-refractivity contribution in [2.45, 2.75) is 13.0 Å². The SMILES string of the molecule is CC(=O)NC[C@H]1CN(c2ccc(-n3ccc(NC(=O)O)c3)c(F)c2)C(=O)O1. The smallest absolute Gasteiger partial charge is 0.414 e. The van der Waals surface area contributed by atoms with Crippen LogP contribution in [0.1, 0.15) is 6.92 Å². The number of nitrogens with zero attached hydrogens (tertiary/aromatic N) is 2. The lowest BCUT2D eigenvalue weighted by molar-refractivity contribution is -0.119. The topological polar surface area (TPSA) is 113 Å². The number of amides is 3. The average molecular weight is 376 g/mol. The van der Waals surface area contributed by atoms with E-state index in [4.69, 9.17) is 9.84 Å². The van der Waals surface area contributed by atoms with Crippen molar-refractivity contribution in [1.82, 2.24) is 9.88 Å². The van der Waals surface area contributed by atoms with Gasteiger partial charge in [0.1, 0.15) is 11.9 Å². The number of cyclic esters (lactones) is 1. The van der Waals surface area contributed by atoms with Gasteiger partial charge in [0.2, 0.25) is 5.91 Å². The Morgan fingerprint density at radius 1 is 1.37 bits per heavy atom. The van der Waals surface area contributed by atoms with Crippen molar-refractivity contribution in [3.05, 3.63) is 42.5 Å². The second-order valence-corrected chi connectivity index (χ2v) is 5.93. The molecule has 1 saturated heterocycles. The number of benzene rings is 1. The molecular formula is C17H17FN4O5. The first-order valence-corrected chi connectivity index (χ1v) is 8.04. The summed E-state index contributed by atoms with van der Waals surface area (Å²) in [7, 11) is 0. The van der Waals surface area contributed by atoms with Gasteiger partial charge in [-0.1, -0.05) is 0 Å². The number of aromatic nitrogens is 1. The maximum atomic E-state index is 14.5. The number of ether oxygens (including phenoxy) is 1. The van der Waals surface area contributed by atoms with Gasteiger partial charge in [0.25, 0.3) is 0 Å². The van der Waals surface area contributed by atoms with E-state index in [-0.39, 0.29) is 24.7 Å². The Morgan fingerprint density at radius 3 is 2.81 bits per heavy atom. The number of carbonyl (C=O) groups is 3. The van der Waals surface area contributed by atoms with E-state index in [1.165, 1.54) is 47.0 Å². The van der Waals surface area contributed by atoms with E-state index in [9.17, 15) is 18.8 Å². The number of rotatable bonds is 5. The molecule has 0 unspecified atom stereocenters. The quantitative estimate of drug-likeness (QED) is 0.740. The Morgan fingerprint density at radius 2 is 2.15 bits per heavy atom. The van der Waals surface area contributed by atoms with Crippen molar-refractivity contribution >= 4 is 29.5 Å². The molecule has 1 aromatic heterocycles. The van der Waals surface area contributed by atoms with Crippen molar-refractivity contribution < 1.29 is 28.6 Å². The molecule has 3 N–H and O–H groups in total.